The van der Waals surface area contributed by atoms with Gasteiger partial charge >= 0.3 is 0 Å². The maximum absolute atomic E-state index is 5.55. The van der Waals surface area contributed by atoms with Crippen LogP contribution in [0, 0.1) is 11.3 Å². The lowest BCUT2D eigenvalue weighted by Gasteiger charge is -2.27. The van der Waals surface area contributed by atoms with E-state index in [0.29, 0.717) is 5.41 Å². The van der Waals surface area contributed by atoms with Crippen LogP contribution in [-0.2, 0) is 4.74 Å². The van der Waals surface area contributed by atoms with Crippen LogP contribution < -0.4 is 0 Å². The Morgan fingerprint density at radius 3 is 2.73 bits per heavy atom. The first-order valence-corrected chi connectivity index (χ1v) is 4.58. The van der Waals surface area contributed by atoms with Crippen molar-refractivity contribution in [3.8, 4) is 0 Å². The Kier molecular flexibility index (Phi) is 0.885. The first kappa shape index (κ1) is 6.24. The molecule has 0 aromatic carbocycles. The third kappa shape index (κ3) is 0.610. The normalized spacial score (nSPS) is 58.8. The molecule has 0 spiro atoms. The highest BCUT2D eigenvalue weighted by Crippen LogP contribution is 2.60. The average Bonchev–Trinajstić information content (AvgIpc) is 2.51. The van der Waals surface area contributed by atoms with Gasteiger partial charge in [0.25, 0.3) is 0 Å². The summed E-state index contributed by atoms with van der Waals surface area (Å²) < 4.78 is 5.55. The molecule has 3 aliphatic rings. The second kappa shape index (κ2) is 1.56. The zero-order chi connectivity index (χ0) is 7.53. The summed E-state index contributed by atoms with van der Waals surface area (Å²) in [5.74, 6) is 0.885. The van der Waals surface area contributed by atoms with Gasteiger partial charge in [-0.05, 0) is 32.1 Å². The van der Waals surface area contributed by atoms with Gasteiger partial charge in [0.05, 0.1) is 12.2 Å². The summed E-state index contributed by atoms with van der Waals surface area (Å²) in [6, 6.07) is 0. The van der Waals surface area contributed by atoms with E-state index in [1.165, 1.54) is 19.3 Å². The number of hydrogen-bond donors (Lipinski definition) is 0. The maximum atomic E-state index is 5.55. The molecule has 1 aliphatic heterocycles. The van der Waals surface area contributed by atoms with Crippen molar-refractivity contribution in [2.75, 3.05) is 6.61 Å². The molecule has 2 fully saturated rings. The second-order valence-corrected chi connectivity index (χ2v) is 4.54. The van der Waals surface area contributed by atoms with Gasteiger partial charge in [0, 0.05) is 5.41 Å². The average molecular weight is 150 g/mol. The maximum Gasteiger partial charge on any atom is 0.0978 e. The monoisotopic (exact) mass is 150 g/mol. The van der Waals surface area contributed by atoms with Gasteiger partial charge in [-0.25, -0.2) is 0 Å². The molecule has 1 heterocycles. The predicted octanol–water partition coefficient (Wildman–Crippen LogP) is 2.13. The van der Waals surface area contributed by atoms with E-state index in [1.807, 2.05) is 0 Å². The van der Waals surface area contributed by atoms with Gasteiger partial charge in [0.2, 0.25) is 0 Å². The van der Waals surface area contributed by atoms with Crippen LogP contribution in [0.25, 0.3) is 0 Å². The fraction of sp³-hybridized carbons (Fsp3) is 0.800. The highest BCUT2D eigenvalue weighted by Gasteiger charge is 2.60. The highest BCUT2D eigenvalue weighted by atomic mass is 16.6. The van der Waals surface area contributed by atoms with Crippen molar-refractivity contribution in [2.45, 2.75) is 31.8 Å². The van der Waals surface area contributed by atoms with Crippen LogP contribution in [0.15, 0.2) is 12.2 Å². The van der Waals surface area contributed by atoms with Gasteiger partial charge < -0.3 is 4.74 Å². The van der Waals surface area contributed by atoms with Gasteiger partial charge in [-0.2, -0.15) is 0 Å². The van der Waals surface area contributed by atoms with Crippen molar-refractivity contribution < 1.29 is 4.74 Å². The number of hydrogen-bond acceptors (Lipinski definition) is 1. The summed E-state index contributed by atoms with van der Waals surface area (Å²) in [5, 5.41) is 0. The molecule has 1 nitrogen and oxygen atoms in total. The summed E-state index contributed by atoms with van der Waals surface area (Å²) in [6.07, 6.45) is 8.95. The smallest absolute Gasteiger partial charge is 0.0978 e. The summed E-state index contributed by atoms with van der Waals surface area (Å²) in [6.45, 7) is 3.26. The molecule has 0 N–H and O–H groups in total. The van der Waals surface area contributed by atoms with Gasteiger partial charge in [-0.3, -0.25) is 0 Å². The van der Waals surface area contributed by atoms with Crippen LogP contribution in [0.5, 0.6) is 0 Å². The lowest BCUT2D eigenvalue weighted by molar-refractivity contribution is 0.173. The van der Waals surface area contributed by atoms with Gasteiger partial charge in [-0.1, -0.05) is 12.2 Å². The van der Waals surface area contributed by atoms with E-state index in [4.69, 9.17) is 4.74 Å². The molecule has 3 unspecified atom stereocenters. The third-order valence-corrected chi connectivity index (χ3v) is 3.91. The summed E-state index contributed by atoms with van der Waals surface area (Å²) >= 11 is 0. The fourth-order valence-electron chi connectivity index (χ4n) is 2.80. The van der Waals surface area contributed by atoms with E-state index >= 15 is 0 Å². The number of epoxide rings is 1. The van der Waals surface area contributed by atoms with Crippen LogP contribution in [0.3, 0.4) is 0 Å². The number of rotatable bonds is 1. The zero-order valence-corrected chi connectivity index (χ0v) is 6.97. The van der Waals surface area contributed by atoms with E-state index in [0.717, 1.165) is 12.5 Å². The molecule has 2 aliphatic carbocycles. The van der Waals surface area contributed by atoms with Gasteiger partial charge in [0.1, 0.15) is 0 Å². The Balaban J connectivity index is 2.00. The SMILES string of the molecule is CC1(C23C=CC(CC2)C3)CO1. The van der Waals surface area contributed by atoms with Crippen LogP contribution >= 0.6 is 0 Å². The van der Waals surface area contributed by atoms with Crippen molar-refractivity contribution in [1.29, 1.82) is 0 Å². The van der Waals surface area contributed by atoms with Crippen LogP contribution in [0.1, 0.15) is 26.2 Å². The van der Waals surface area contributed by atoms with E-state index < -0.39 is 0 Å². The molecular weight excluding hydrogens is 136 g/mol. The molecule has 11 heavy (non-hydrogen) atoms. The largest absolute Gasteiger partial charge is 0.369 e. The van der Waals surface area contributed by atoms with Crippen molar-refractivity contribution in [1.82, 2.24) is 0 Å². The Morgan fingerprint density at radius 1 is 1.55 bits per heavy atom. The molecule has 2 bridgehead atoms. The van der Waals surface area contributed by atoms with E-state index in [2.05, 4.69) is 19.1 Å². The molecule has 0 aromatic rings. The van der Waals surface area contributed by atoms with Crippen LogP contribution in [0.2, 0.25) is 0 Å². The molecule has 1 heteroatoms. The van der Waals surface area contributed by atoms with E-state index in [9.17, 15) is 0 Å². The molecule has 3 rings (SSSR count). The molecule has 1 saturated heterocycles. The predicted molar refractivity (Wildman–Crippen MR) is 43.3 cm³/mol. The summed E-state index contributed by atoms with van der Waals surface area (Å²) in [4.78, 5) is 0. The zero-order valence-electron chi connectivity index (χ0n) is 6.97. The van der Waals surface area contributed by atoms with Crippen LogP contribution in [0.4, 0.5) is 0 Å². The topological polar surface area (TPSA) is 12.5 Å². The minimum atomic E-state index is 0.231. The number of ether oxygens (including phenoxy) is 1. The Hall–Kier alpha value is -0.300. The van der Waals surface area contributed by atoms with E-state index in [1.54, 1.807) is 0 Å². The molecule has 3 atom stereocenters. The molecule has 60 valence electrons. The second-order valence-electron chi connectivity index (χ2n) is 4.54. The Morgan fingerprint density at radius 2 is 2.36 bits per heavy atom. The number of allylic oxidation sites excluding steroid dienone is 1. The summed E-state index contributed by atoms with van der Waals surface area (Å²) in [5.41, 5.74) is 0.687. The summed E-state index contributed by atoms with van der Waals surface area (Å²) in [7, 11) is 0. The quantitative estimate of drug-likeness (QED) is 0.412. The van der Waals surface area contributed by atoms with Crippen molar-refractivity contribution in [2.24, 2.45) is 11.3 Å². The molecule has 0 aromatic heterocycles. The third-order valence-electron chi connectivity index (χ3n) is 3.91. The first-order chi connectivity index (χ1) is 5.24. The lowest BCUT2D eigenvalue weighted by Crippen LogP contribution is -2.30. The first-order valence-electron chi connectivity index (χ1n) is 4.58. The van der Waals surface area contributed by atoms with Gasteiger partial charge in [0.15, 0.2) is 0 Å². The van der Waals surface area contributed by atoms with E-state index in [-0.39, 0.29) is 5.60 Å². The Bertz CT molecular complexity index is 227. The van der Waals surface area contributed by atoms with Crippen molar-refractivity contribution >= 4 is 0 Å². The Labute approximate surface area is 67.4 Å². The lowest BCUT2D eigenvalue weighted by atomic mass is 9.76. The standard InChI is InChI=1S/C10H14O/c1-9(7-11-9)10-4-2-8(6-10)3-5-10/h2,4,8H,3,5-7H2,1H3. The molecule has 0 radical (unpaired) electrons. The van der Waals surface area contributed by atoms with Crippen molar-refractivity contribution in [3.63, 3.8) is 0 Å². The van der Waals surface area contributed by atoms with Gasteiger partial charge in [-0.15, -0.1) is 0 Å². The van der Waals surface area contributed by atoms with Crippen LogP contribution in [-0.4, -0.2) is 12.2 Å². The molecule has 0 amide bonds. The molecule has 1 saturated carbocycles. The highest BCUT2D eigenvalue weighted by molar-refractivity contribution is 5.24. The number of fused-ring (bicyclic) bond motifs is 2. The minimum Gasteiger partial charge on any atom is -0.369 e. The van der Waals surface area contributed by atoms with Crippen molar-refractivity contribution in [3.05, 3.63) is 12.2 Å². The fourth-order valence-corrected chi connectivity index (χ4v) is 2.80. The minimum absolute atomic E-state index is 0.231. The molecular formula is C10H14O.